The molecule has 168 valence electrons. The van der Waals surface area contributed by atoms with Gasteiger partial charge in [0.25, 0.3) is 0 Å². The van der Waals surface area contributed by atoms with E-state index in [4.69, 9.17) is 4.43 Å². The van der Waals surface area contributed by atoms with E-state index in [0.29, 0.717) is 24.5 Å². The van der Waals surface area contributed by atoms with Crippen molar-refractivity contribution in [2.24, 2.45) is 11.8 Å². The fourth-order valence-corrected chi connectivity index (χ4v) is 9.57. The van der Waals surface area contributed by atoms with E-state index >= 15 is 0 Å². The molecule has 5 heteroatoms. The average molecular weight is 473 g/mol. The lowest BCUT2D eigenvalue weighted by atomic mass is 9.99. The summed E-state index contributed by atoms with van der Waals surface area (Å²) < 4.78 is 7.19. The molecule has 31 heavy (non-hydrogen) atoms. The molecule has 0 unspecified atom stereocenters. The number of hydrogen-bond donors (Lipinski definition) is 0. The number of Topliss-reactive ketones (excluding diaryl/α,β-unsaturated/α-hetero) is 1. The number of carbonyl (C=O) groups excluding carboxylic acids is 1. The Bertz CT molecular complexity index is 811. The van der Waals surface area contributed by atoms with Crippen LogP contribution >= 0.6 is 23.5 Å². The van der Waals surface area contributed by atoms with Crippen LogP contribution in [0.2, 0.25) is 18.1 Å². The molecule has 2 aromatic rings. The smallest absolute Gasteiger partial charge is 0.192 e. The van der Waals surface area contributed by atoms with E-state index in [1.165, 1.54) is 9.79 Å². The van der Waals surface area contributed by atoms with Gasteiger partial charge in [0.2, 0.25) is 0 Å². The molecular weight excluding hydrogens is 437 g/mol. The average Bonchev–Trinajstić information content (AvgIpc) is 3.08. The van der Waals surface area contributed by atoms with Crippen LogP contribution in [0.1, 0.15) is 40.5 Å². The van der Waals surface area contributed by atoms with Gasteiger partial charge in [-0.3, -0.25) is 4.79 Å². The second kappa shape index (κ2) is 10.3. The third kappa shape index (κ3) is 6.07. The van der Waals surface area contributed by atoms with E-state index in [2.05, 4.69) is 101 Å². The molecule has 0 saturated heterocycles. The van der Waals surface area contributed by atoms with E-state index in [9.17, 15) is 4.79 Å². The monoisotopic (exact) mass is 472 g/mol. The topological polar surface area (TPSA) is 26.3 Å². The van der Waals surface area contributed by atoms with Crippen molar-refractivity contribution in [1.82, 2.24) is 0 Å². The third-order valence-corrected chi connectivity index (χ3v) is 14.6. The lowest BCUT2D eigenvalue weighted by Crippen LogP contribution is -2.49. The zero-order valence-corrected chi connectivity index (χ0v) is 22.3. The minimum atomic E-state index is -2.03. The van der Waals surface area contributed by atoms with Gasteiger partial charge in [0, 0.05) is 28.6 Å². The number of benzene rings is 2. The number of rotatable bonds is 9. The molecule has 2 nitrogen and oxygen atoms in total. The highest BCUT2D eigenvalue weighted by molar-refractivity contribution is 8.17. The van der Waals surface area contributed by atoms with E-state index in [1.54, 1.807) is 0 Å². The fourth-order valence-electron chi connectivity index (χ4n) is 3.94. The van der Waals surface area contributed by atoms with Crippen LogP contribution in [-0.2, 0) is 9.22 Å². The van der Waals surface area contributed by atoms with Crippen molar-refractivity contribution < 1.29 is 9.22 Å². The lowest BCUT2D eigenvalue weighted by Gasteiger charge is -2.45. The largest absolute Gasteiger partial charge is 0.413 e. The number of ketones is 1. The summed E-state index contributed by atoms with van der Waals surface area (Å²) in [4.78, 5) is 15.1. The van der Waals surface area contributed by atoms with Crippen LogP contribution in [0.25, 0.3) is 0 Å². The first-order valence-corrected chi connectivity index (χ1v) is 15.9. The van der Waals surface area contributed by atoms with Crippen molar-refractivity contribution in [2.45, 2.75) is 79.1 Å². The van der Waals surface area contributed by atoms with Gasteiger partial charge in [0.15, 0.2) is 8.32 Å². The Morgan fingerprint density at radius 3 is 1.84 bits per heavy atom. The Kier molecular flexibility index (Phi) is 8.17. The standard InChI is InChI=1S/C26H36O2S2Si/c1-19(2)26(3,4)31(5,6)28-24-18-20(27)17-23(24)25(29-21-13-9-7-10-14-21)30-22-15-11-8-12-16-22/h7-16,19,23-25H,17-18H2,1-6H3/t23-,24-/m0/s1. The van der Waals surface area contributed by atoms with Crippen LogP contribution in [-0.4, -0.2) is 24.8 Å². The molecule has 0 aliphatic heterocycles. The Balaban J connectivity index is 1.87. The van der Waals surface area contributed by atoms with Crippen molar-refractivity contribution in [3.8, 4) is 0 Å². The van der Waals surface area contributed by atoms with Gasteiger partial charge in [-0.15, -0.1) is 23.5 Å². The molecule has 2 atom stereocenters. The van der Waals surface area contributed by atoms with Crippen LogP contribution in [0.3, 0.4) is 0 Å². The summed E-state index contributed by atoms with van der Waals surface area (Å²) in [7, 11) is -2.03. The molecule has 0 bridgehead atoms. The fraction of sp³-hybridized carbons (Fsp3) is 0.500. The molecular formula is C26H36O2S2Si. The SMILES string of the molecule is CC(C)C(C)(C)[Si](C)(C)O[C@H]1CC(=O)C[C@@H]1C(Sc1ccccc1)Sc1ccccc1. The number of hydrogen-bond acceptors (Lipinski definition) is 4. The quantitative estimate of drug-likeness (QED) is 0.210. The maximum Gasteiger partial charge on any atom is 0.192 e. The number of thioether (sulfide) groups is 2. The Labute approximate surface area is 198 Å². The second-order valence-corrected chi connectivity index (χ2v) is 17.2. The molecule has 0 aromatic heterocycles. The van der Waals surface area contributed by atoms with E-state index in [1.807, 2.05) is 23.5 Å². The molecule has 0 heterocycles. The zero-order chi connectivity index (χ0) is 22.6. The van der Waals surface area contributed by atoms with Crippen molar-refractivity contribution in [1.29, 1.82) is 0 Å². The van der Waals surface area contributed by atoms with Crippen LogP contribution in [0, 0.1) is 11.8 Å². The maximum atomic E-state index is 12.7. The van der Waals surface area contributed by atoms with E-state index in [0.717, 1.165) is 0 Å². The van der Waals surface area contributed by atoms with Gasteiger partial charge >= 0.3 is 0 Å². The summed E-state index contributed by atoms with van der Waals surface area (Å²) in [5.41, 5.74) is 0. The first-order chi connectivity index (χ1) is 14.6. The minimum absolute atomic E-state index is 0.00427. The highest BCUT2D eigenvalue weighted by Crippen LogP contribution is 2.50. The molecule has 1 aliphatic carbocycles. The van der Waals surface area contributed by atoms with Gasteiger partial charge in [-0.25, -0.2) is 0 Å². The maximum absolute atomic E-state index is 12.7. The molecule has 1 fully saturated rings. The summed E-state index contributed by atoms with van der Waals surface area (Å²) in [6.07, 6.45) is 1.17. The molecule has 0 N–H and O–H groups in total. The first kappa shape index (κ1) is 24.6. The normalized spacial score (nSPS) is 20.1. The van der Waals surface area contributed by atoms with Crippen molar-refractivity contribution in [3.05, 3.63) is 60.7 Å². The molecule has 0 radical (unpaired) electrons. The van der Waals surface area contributed by atoms with Gasteiger partial charge in [-0.1, -0.05) is 64.1 Å². The van der Waals surface area contributed by atoms with Gasteiger partial charge in [0.05, 0.1) is 10.7 Å². The minimum Gasteiger partial charge on any atom is -0.413 e. The van der Waals surface area contributed by atoms with E-state index < -0.39 is 8.32 Å². The number of carbonyl (C=O) groups is 1. The summed E-state index contributed by atoms with van der Waals surface area (Å²) in [5.74, 6) is 1.09. The molecule has 1 aliphatic rings. The van der Waals surface area contributed by atoms with Crippen molar-refractivity contribution >= 4 is 37.6 Å². The summed E-state index contributed by atoms with van der Waals surface area (Å²) in [6.45, 7) is 13.9. The van der Waals surface area contributed by atoms with Gasteiger partial charge in [0.1, 0.15) is 5.78 Å². The van der Waals surface area contributed by atoms with Crippen LogP contribution < -0.4 is 0 Å². The lowest BCUT2D eigenvalue weighted by molar-refractivity contribution is -0.117. The Morgan fingerprint density at radius 2 is 1.39 bits per heavy atom. The highest BCUT2D eigenvalue weighted by atomic mass is 32.2. The van der Waals surface area contributed by atoms with Gasteiger partial charge in [-0.05, 0) is 48.3 Å². The molecule has 3 rings (SSSR count). The third-order valence-electron chi connectivity index (χ3n) is 7.15. The first-order valence-electron chi connectivity index (χ1n) is 11.2. The summed E-state index contributed by atoms with van der Waals surface area (Å²) in [6, 6.07) is 21.1. The summed E-state index contributed by atoms with van der Waals surface area (Å²) in [5, 5.41) is 0.137. The molecule has 0 amide bonds. The molecule has 0 spiro atoms. The van der Waals surface area contributed by atoms with Crippen molar-refractivity contribution in [3.63, 3.8) is 0 Å². The Hall–Kier alpha value is -1.01. The van der Waals surface area contributed by atoms with Crippen molar-refractivity contribution in [2.75, 3.05) is 0 Å². The van der Waals surface area contributed by atoms with Gasteiger partial charge in [-0.2, -0.15) is 0 Å². The van der Waals surface area contributed by atoms with Crippen LogP contribution in [0.4, 0.5) is 0 Å². The van der Waals surface area contributed by atoms with Crippen LogP contribution in [0.5, 0.6) is 0 Å². The predicted molar refractivity (Wildman–Crippen MR) is 137 cm³/mol. The Morgan fingerprint density at radius 1 is 0.903 bits per heavy atom. The van der Waals surface area contributed by atoms with Crippen LogP contribution in [0.15, 0.2) is 70.5 Å². The zero-order valence-electron chi connectivity index (χ0n) is 19.6. The highest BCUT2D eigenvalue weighted by Gasteiger charge is 2.48. The summed E-state index contributed by atoms with van der Waals surface area (Å²) >= 11 is 3.75. The van der Waals surface area contributed by atoms with E-state index in [-0.39, 0.29) is 21.6 Å². The van der Waals surface area contributed by atoms with Gasteiger partial charge < -0.3 is 4.43 Å². The molecule has 1 saturated carbocycles. The molecule has 2 aromatic carbocycles. The predicted octanol–water partition coefficient (Wildman–Crippen LogP) is 7.90. The second-order valence-electron chi connectivity index (χ2n) is 9.88.